The molecule has 4 heteroatoms. The lowest BCUT2D eigenvalue weighted by Crippen LogP contribution is -2.21. The number of hydrogen-bond donors (Lipinski definition) is 1. The minimum Gasteiger partial charge on any atom is -0.322 e. The van der Waals surface area contributed by atoms with Gasteiger partial charge < -0.3 is 9.88 Å². The topological polar surface area (TPSA) is 51.1 Å². The molecule has 1 amide bonds. The number of aryl methyl sites for hydroxylation is 3. The molecule has 0 aliphatic carbocycles. The van der Waals surface area contributed by atoms with E-state index in [2.05, 4.69) is 5.32 Å². The first-order valence-corrected chi connectivity index (χ1v) is 7.45. The van der Waals surface area contributed by atoms with E-state index in [0.717, 1.165) is 22.2 Å². The van der Waals surface area contributed by atoms with Crippen molar-refractivity contribution in [3.8, 4) is 0 Å². The Morgan fingerprint density at radius 1 is 1.00 bits per heavy atom. The van der Waals surface area contributed by atoms with Gasteiger partial charge in [-0.05, 0) is 43.2 Å². The van der Waals surface area contributed by atoms with Crippen LogP contribution in [0.3, 0.4) is 0 Å². The number of rotatable bonds is 2. The van der Waals surface area contributed by atoms with E-state index in [9.17, 15) is 9.59 Å². The Labute approximate surface area is 134 Å². The fourth-order valence-corrected chi connectivity index (χ4v) is 2.62. The van der Waals surface area contributed by atoms with Crippen molar-refractivity contribution in [1.82, 2.24) is 4.57 Å². The lowest BCUT2D eigenvalue weighted by Gasteiger charge is -2.11. The van der Waals surface area contributed by atoms with Crippen LogP contribution in [-0.4, -0.2) is 10.5 Å². The third-order valence-corrected chi connectivity index (χ3v) is 4.16. The van der Waals surface area contributed by atoms with Gasteiger partial charge in [-0.25, -0.2) is 0 Å². The molecule has 3 aromatic rings. The van der Waals surface area contributed by atoms with Crippen LogP contribution in [0.25, 0.3) is 10.9 Å². The predicted octanol–water partition coefficient (Wildman–Crippen LogP) is 3.41. The molecule has 0 atom stereocenters. The highest BCUT2D eigenvalue weighted by Gasteiger charge is 2.13. The van der Waals surface area contributed by atoms with Gasteiger partial charge in [-0.3, -0.25) is 9.59 Å². The lowest BCUT2D eigenvalue weighted by atomic mass is 10.1. The van der Waals surface area contributed by atoms with Crippen LogP contribution in [0.15, 0.2) is 53.3 Å². The van der Waals surface area contributed by atoms with Crippen LogP contribution in [0.2, 0.25) is 0 Å². The van der Waals surface area contributed by atoms with Crippen LogP contribution < -0.4 is 10.9 Å². The number of carbonyl (C=O) groups is 1. The molecule has 4 nitrogen and oxygen atoms in total. The normalized spacial score (nSPS) is 10.7. The van der Waals surface area contributed by atoms with Crippen LogP contribution in [0.5, 0.6) is 0 Å². The molecule has 0 aliphatic rings. The zero-order valence-electron chi connectivity index (χ0n) is 13.4. The number of benzene rings is 2. The summed E-state index contributed by atoms with van der Waals surface area (Å²) < 4.78 is 1.54. The maximum Gasteiger partial charge on any atom is 0.256 e. The smallest absolute Gasteiger partial charge is 0.256 e. The number of para-hydroxylation sites is 1. The van der Waals surface area contributed by atoms with Crippen molar-refractivity contribution >= 4 is 22.5 Å². The van der Waals surface area contributed by atoms with Crippen molar-refractivity contribution in [2.75, 3.05) is 5.32 Å². The highest BCUT2D eigenvalue weighted by molar-refractivity contribution is 6.12. The maximum atomic E-state index is 12.6. The second-order valence-electron chi connectivity index (χ2n) is 5.73. The Morgan fingerprint density at radius 2 is 1.74 bits per heavy atom. The molecule has 2 aromatic carbocycles. The van der Waals surface area contributed by atoms with Gasteiger partial charge in [0.15, 0.2) is 0 Å². The highest BCUT2D eigenvalue weighted by Crippen LogP contribution is 2.19. The van der Waals surface area contributed by atoms with E-state index in [4.69, 9.17) is 0 Å². The molecule has 3 rings (SSSR count). The molecule has 0 spiro atoms. The van der Waals surface area contributed by atoms with E-state index < -0.39 is 0 Å². The van der Waals surface area contributed by atoms with Crippen molar-refractivity contribution < 1.29 is 4.79 Å². The molecule has 0 saturated heterocycles. The summed E-state index contributed by atoms with van der Waals surface area (Å²) in [5.74, 6) is -0.276. The van der Waals surface area contributed by atoms with E-state index in [0.29, 0.717) is 5.56 Å². The van der Waals surface area contributed by atoms with Crippen molar-refractivity contribution in [2.45, 2.75) is 13.8 Å². The van der Waals surface area contributed by atoms with Gasteiger partial charge >= 0.3 is 0 Å². The first-order chi connectivity index (χ1) is 11.0. The van der Waals surface area contributed by atoms with Gasteiger partial charge in [0, 0.05) is 24.2 Å². The van der Waals surface area contributed by atoms with Gasteiger partial charge in [-0.15, -0.1) is 0 Å². The summed E-state index contributed by atoms with van der Waals surface area (Å²) in [6.45, 7) is 4.02. The Balaban J connectivity index is 2.06. The number of hydrogen-bond acceptors (Lipinski definition) is 2. The summed E-state index contributed by atoms with van der Waals surface area (Å²) in [4.78, 5) is 24.7. The number of fused-ring (bicyclic) bond motifs is 1. The van der Waals surface area contributed by atoms with Gasteiger partial charge in [-0.2, -0.15) is 0 Å². The summed E-state index contributed by atoms with van der Waals surface area (Å²) in [6, 6.07) is 14.5. The van der Waals surface area contributed by atoms with Gasteiger partial charge in [0.2, 0.25) is 0 Å². The highest BCUT2D eigenvalue weighted by atomic mass is 16.2. The summed E-state index contributed by atoms with van der Waals surface area (Å²) in [7, 11) is 1.70. The molecule has 1 N–H and O–H groups in total. The average Bonchev–Trinajstić information content (AvgIpc) is 2.54. The summed E-state index contributed by atoms with van der Waals surface area (Å²) >= 11 is 0. The molecule has 1 heterocycles. The van der Waals surface area contributed by atoms with Gasteiger partial charge in [0.05, 0.1) is 11.1 Å². The molecule has 0 bridgehead atoms. The van der Waals surface area contributed by atoms with Crippen LogP contribution in [-0.2, 0) is 7.05 Å². The zero-order chi connectivity index (χ0) is 16.6. The maximum absolute atomic E-state index is 12.6. The monoisotopic (exact) mass is 306 g/mol. The summed E-state index contributed by atoms with van der Waals surface area (Å²) in [5.41, 5.74) is 3.93. The molecule has 1 aromatic heterocycles. The molecule has 0 fully saturated rings. The fourth-order valence-electron chi connectivity index (χ4n) is 2.62. The van der Waals surface area contributed by atoms with Crippen LogP contribution in [0.1, 0.15) is 21.5 Å². The quantitative estimate of drug-likeness (QED) is 0.789. The zero-order valence-corrected chi connectivity index (χ0v) is 13.4. The van der Waals surface area contributed by atoms with Crippen molar-refractivity contribution in [2.24, 2.45) is 7.05 Å². The Bertz CT molecular complexity index is 971. The largest absolute Gasteiger partial charge is 0.322 e. The summed E-state index contributed by atoms with van der Waals surface area (Å²) in [6.07, 6.45) is 0. The fraction of sp³-hybridized carbons (Fsp3) is 0.158. The van der Waals surface area contributed by atoms with E-state index in [1.54, 1.807) is 11.6 Å². The number of amides is 1. The van der Waals surface area contributed by atoms with Crippen LogP contribution in [0.4, 0.5) is 5.69 Å². The van der Waals surface area contributed by atoms with Crippen LogP contribution in [0, 0.1) is 13.8 Å². The Hall–Kier alpha value is -2.88. The lowest BCUT2D eigenvalue weighted by molar-refractivity contribution is 0.102. The van der Waals surface area contributed by atoms with Crippen molar-refractivity contribution in [3.05, 3.63) is 75.6 Å². The average molecular weight is 306 g/mol. The first kappa shape index (κ1) is 15.0. The van der Waals surface area contributed by atoms with Gasteiger partial charge in [-0.1, -0.05) is 24.3 Å². The molecule has 0 unspecified atom stereocenters. The molecular weight excluding hydrogens is 288 g/mol. The molecule has 0 aliphatic heterocycles. The summed E-state index contributed by atoms with van der Waals surface area (Å²) in [5, 5.41) is 3.64. The van der Waals surface area contributed by atoms with Crippen molar-refractivity contribution in [1.29, 1.82) is 0 Å². The standard InChI is InChI=1S/C19H18N2O2/c1-12-8-9-14(10-13(12)2)20-19(23)16-11-18(22)21(3)17-7-5-4-6-15(16)17/h4-11H,1-3H3,(H,20,23). The van der Waals surface area contributed by atoms with Gasteiger partial charge in [0.1, 0.15) is 0 Å². The van der Waals surface area contributed by atoms with E-state index in [1.807, 2.05) is 56.3 Å². The Morgan fingerprint density at radius 3 is 2.48 bits per heavy atom. The van der Waals surface area contributed by atoms with Crippen molar-refractivity contribution in [3.63, 3.8) is 0 Å². The minimum absolute atomic E-state index is 0.200. The number of nitrogens with one attached hydrogen (secondary N) is 1. The van der Waals surface area contributed by atoms with E-state index in [-0.39, 0.29) is 11.5 Å². The molecule has 0 radical (unpaired) electrons. The third kappa shape index (κ3) is 2.75. The second kappa shape index (κ2) is 5.72. The van der Waals surface area contributed by atoms with Gasteiger partial charge in [0.25, 0.3) is 11.5 Å². The Kier molecular flexibility index (Phi) is 3.74. The van der Waals surface area contributed by atoms with E-state index in [1.165, 1.54) is 11.6 Å². The predicted molar refractivity (Wildman–Crippen MR) is 93.1 cm³/mol. The number of aromatic nitrogens is 1. The van der Waals surface area contributed by atoms with Crippen LogP contribution >= 0.6 is 0 Å². The number of pyridine rings is 1. The SMILES string of the molecule is Cc1ccc(NC(=O)c2cc(=O)n(C)c3ccccc23)cc1C. The molecule has 116 valence electrons. The molecular formula is C19H18N2O2. The first-order valence-electron chi connectivity index (χ1n) is 7.45. The third-order valence-electron chi connectivity index (χ3n) is 4.16. The minimum atomic E-state index is -0.276. The second-order valence-corrected chi connectivity index (χ2v) is 5.73. The van der Waals surface area contributed by atoms with E-state index >= 15 is 0 Å². The number of anilines is 1. The molecule has 0 saturated carbocycles. The molecule has 23 heavy (non-hydrogen) atoms. The number of nitrogens with zero attached hydrogens (tertiary/aromatic N) is 1. The number of carbonyl (C=O) groups excluding carboxylic acids is 1.